The van der Waals surface area contributed by atoms with Crippen molar-refractivity contribution in [2.45, 2.75) is 26.3 Å². The van der Waals surface area contributed by atoms with Crippen molar-refractivity contribution in [3.63, 3.8) is 0 Å². The van der Waals surface area contributed by atoms with Gasteiger partial charge >= 0.3 is 5.63 Å². The summed E-state index contributed by atoms with van der Waals surface area (Å²) in [6, 6.07) is 14.8. The van der Waals surface area contributed by atoms with Crippen molar-refractivity contribution < 1.29 is 14.3 Å². The highest BCUT2D eigenvalue weighted by molar-refractivity contribution is 5.81. The second kappa shape index (κ2) is 8.94. The Morgan fingerprint density at radius 3 is 2.63 bits per heavy atom. The zero-order valence-electron chi connectivity index (χ0n) is 16.7. The Kier molecular flexibility index (Phi) is 5.92. The van der Waals surface area contributed by atoms with Gasteiger partial charge in [0.15, 0.2) is 0 Å². The molecule has 0 radical (unpaired) electrons. The van der Waals surface area contributed by atoms with E-state index in [2.05, 4.69) is 34.0 Å². The van der Waals surface area contributed by atoms with Crippen LogP contribution < -0.4 is 10.4 Å². The summed E-state index contributed by atoms with van der Waals surface area (Å²) in [4.78, 5) is 21.2. The van der Waals surface area contributed by atoms with E-state index in [1.807, 2.05) is 18.3 Å². The molecule has 30 heavy (non-hydrogen) atoms. The summed E-state index contributed by atoms with van der Waals surface area (Å²) >= 11 is 0. The molecule has 0 aliphatic carbocycles. The summed E-state index contributed by atoms with van der Waals surface area (Å²) in [7, 11) is 2.06. The Balaban J connectivity index is 1.37. The van der Waals surface area contributed by atoms with Crippen molar-refractivity contribution in [2.24, 2.45) is 0 Å². The van der Waals surface area contributed by atoms with Crippen molar-refractivity contribution in [2.75, 3.05) is 7.05 Å². The Bertz CT molecular complexity index is 1170. The zero-order valence-corrected chi connectivity index (χ0v) is 16.7. The molecule has 0 spiro atoms. The molecule has 0 aliphatic heterocycles. The number of hydrogen-bond donors (Lipinski definition) is 2. The Morgan fingerprint density at radius 2 is 1.90 bits per heavy atom. The zero-order chi connectivity index (χ0) is 20.9. The third-order valence-electron chi connectivity index (χ3n) is 4.83. The van der Waals surface area contributed by atoms with Crippen LogP contribution in [-0.4, -0.2) is 27.0 Å². The first-order chi connectivity index (χ1) is 14.6. The first-order valence-electron chi connectivity index (χ1n) is 9.66. The summed E-state index contributed by atoms with van der Waals surface area (Å²) < 4.78 is 11.1. The first-order valence-corrected chi connectivity index (χ1v) is 9.66. The number of aliphatic hydroxyl groups is 1. The number of rotatable bonds is 8. The van der Waals surface area contributed by atoms with E-state index in [0.717, 1.165) is 24.5 Å². The lowest BCUT2D eigenvalue weighted by Crippen LogP contribution is -2.18. The van der Waals surface area contributed by atoms with Crippen molar-refractivity contribution in [1.82, 2.24) is 14.9 Å². The molecule has 7 heteroatoms. The topological polar surface area (TPSA) is 91.6 Å². The van der Waals surface area contributed by atoms with Crippen LogP contribution in [0.2, 0.25) is 0 Å². The minimum Gasteiger partial charge on any atom is -0.489 e. The van der Waals surface area contributed by atoms with Crippen LogP contribution in [0.5, 0.6) is 5.75 Å². The van der Waals surface area contributed by atoms with Gasteiger partial charge in [-0.25, -0.2) is 9.78 Å². The predicted molar refractivity (Wildman–Crippen MR) is 113 cm³/mol. The van der Waals surface area contributed by atoms with Crippen LogP contribution >= 0.6 is 0 Å². The molecular formula is C23H23N3O4. The second-order valence-corrected chi connectivity index (χ2v) is 7.22. The molecule has 7 nitrogen and oxygen atoms in total. The molecule has 0 amide bonds. The number of aliphatic hydroxyl groups excluding tert-OH is 1. The summed E-state index contributed by atoms with van der Waals surface area (Å²) in [6.07, 6.45) is 3.58. The summed E-state index contributed by atoms with van der Waals surface area (Å²) in [6.45, 7) is 1.76. The lowest BCUT2D eigenvalue weighted by atomic mass is 10.1. The van der Waals surface area contributed by atoms with Gasteiger partial charge in [-0.3, -0.25) is 4.90 Å². The lowest BCUT2D eigenvalue weighted by molar-refractivity contribution is 0.282. The van der Waals surface area contributed by atoms with Gasteiger partial charge in [-0.15, -0.1) is 0 Å². The van der Waals surface area contributed by atoms with E-state index in [-0.39, 0.29) is 6.61 Å². The number of H-pyrrole nitrogens is 1. The van der Waals surface area contributed by atoms with E-state index in [4.69, 9.17) is 9.15 Å². The van der Waals surface area contributed by atoms with Gasteiger partial charge in [-0.05, 0) is 35.9 Å². The largest absolute Gasteiger partial charge is 0.489 e. The minimum atomic E-state index is -0.490. The molecule has 4 aromatic rings. The molecule has 154 valence electrons. The Hall–Kier alpha value is -3.42. The van der Waals surface area contributed by atoms with Crippen LogP contribution in [0.15, 0.2) is 70.1 Å². The number of imidazole rings is 1. The number of aromatic nitrogens is 2. The maximum Gasteiger partial charge on any atom is 0.336 e. The fourth-order valence-corrected chi connectivity index (χ4v) is 3.35. The average molecular weight is 405 g/mol. The van der Waals surface area contributed by atoms with Crippen LogP contribution in [0.1, 0.15) is 22.5 Å². The molecule has 2 heterocycles. The summed E-state index contributed by atoms with van der Waals surface area (Å²) in [5.41, 5.74) is 2.70. The number of ether oxygens (including phenoxy) is 1. The number of aromatic amines is 1. The molecule has 2 N–H and O–H groups in total. The van der Waals surface area contributed by atoms with Crippen molar-refractivity contribution in [1.29, 1.82) is 0 Å². The molecule has 0 saturated carbocycles. The monoisotopic (exact) mass is 405 g/mol. The predicted octanol–water partition coefficient (Wildman–Crippen LogP) is 3.22. The van der Waals surface area contributed by atoms with E-state index >= 15 is 0 Å². The molecule has 2 aromatic carbocycles. The van der Waals surface area contributed by atoms with E-state index in [9.17, 15) is 9.90 Å². The fourth-order valence-electron chi connectivity index (χ4n) is 3.35. The number of nitrogens with one attached hydrogen (secondary N) is 1. The van der Waals surface area contributed by atoms with Gasteiger partial charge in [-0.2, -0.15) is 0 Å². The van der Waals surface area contributed by atoms with Crippen LogP contribution in [0.4, 0.5) is 0 Å². The van der Waals surface area contributed by atoms with Crippen molar-refractivity contribution >= 4 is 11.0 Å². The smallest absolute Gasteiger partial charge is 0.336 e. The second-order valence-electron chi connectivity index (χ2n) is 7.22. The van der Waals surface area contributed by atoms with E-state index < -0.39 is 5.63 Å². The van der Waals surface area contributed by atoms with Crippen LogP contribution in [0, 0.1) is 0 Å². The fraction of sp³-hybridized carbons (Fsp3) is 0.217. The summed E-state index contributed by atoms with van der Waals surface area (Å²) in [5.74, 6) is 1.54. The maximum absolute atomic E-state index is 11.6. The highest BCUT2D eigenvalue weighted by Crippen LogP contribution is 2.23. The molecule has 0 atom stereocenters. The number of hydrogen-bond acceptors (Lipinski definition) is 6. The van der Waals surface area contributed by atoms with Crippen molar-refractivity contribution in [3.05, 3.63) is 93.9 Å². The van der Waals surface area contributed by atoms with Crippen LogP contribution in [-0.2, 0) is 26.3 Å². The standard InChI is InChI=1S/C23H23N3O4/c1-26(13-22-24-8-9-25-22)12-16-2-4-17(5-3-16)15-29-19-6-7-20-18(14-27)10-23(28)30-21(20)11-19/h2-11,27H,12-15H2,1H3,(H,24,25). The minimum absolute atomic E-state index is 0.217. The molecule has 4 rings (SSSR count). The third-order valence-corrected chi connectivity index (χ3v) is 4.83. The molecule has 0 bridgehead atoms. The molecule has 0 unspecified atom stereocenters. The number of nitrogens with zero attached hydrogens (tertiary/aromatic N) is 2. The molecule has 0 fully saturated rings. The van der Waals surface area contributed by atoms with Crippen molar-refractivity contribution in [3.8, 4) is 5.75 Å². The van der Waals surface area contributed by atoms with Gasteiger partial charge in [-0.1, -0.05) is 24.3 Å². The average Bonchev–Trinajstić information content (AvgIpc) is 3.25. The van der Waals surface area contributed by atoms with Gasteiger partial charge in [0.05, 0.1) is 13.2 Å². The van der Waals surface area contributed by atoms with Gasteiger partial charge < -0.3 is 19.2 Å². The number of benzene rings is 2. The quantitative estimate of drug-likeness (QED) is 0.438. The Labute approximate surface area is 173 Å². The molecule has 0 saturated heterocycles. The van der Waals surface area contributed by atoms with Crippen LogP contribution in [0.3, 0.4) is 0 Å². The van der Waals surface area contributed by atoms with Gasteiger partial charge in [0.25, 0.3) is 0 Å². The summed E-state index contributed by atoms with van der Waals surface area (Å²) in [5, 5.41) is 10.1. The Morgan fingerprint density at radius 1 is 1.10 bits per heavy atom. The SMILES string of the molecule is CN(Cc1ccc(COc2ccc3c(CO)cc(=O)oc3c2)cc1)Cc1ncc[nH]1. The van der Waals surface area contributed by atoms with E-state index in [0.29, 0.717) is 28.9 Å². The first kappa shape index (κ1) is 19.9. The number of fused-ring (bicyclic) bond motifs is 1. The maximum atomic E-state index is 11.6. The van der Waals surface area contributed by atoms with E-state index in [1.165, 1.54) is 11.6 Å². The highest BCUT2D eigenvalue weighted by atomic mass is 16.5. The van der Waals surface area contributed by atoms with Gasteiger partial charge in [0.1, 0.15) is 23.8 Å². The normalized spacial score (nSPS) is 11.3. The van der Waals surface area contributed by atoms with E-state index in [1.54, 1.807) is 24.4 Å². The molecule has 2 aromatic heterocycles. The van der Waals surface area contributed by atoms with Crippen LogP contribution in [0.25, 0.3) is 11.0 Å². The molecule has 0 aliphatic rings. The lowest BCUT2D eigenvalue weighted by Gasteiger charge is -2.15. The molecular weight excluding hydrogens is 382 g/mol. The third kappa shape index (κ3) is 4.76. The van der Waals surface area contributed by atoms with Gasteiger partial charge in [0.2, 0.25) is 0 Å². The highest BCUT2D eigenvalue weighted by Gasteiger charge is 2.07. The van der Waals surface area contributed by atoms with Gasteiger partial charge in [0, 0.05) is 36.5 Å².